The summed E-state index contributed by atoms with van der Waals surface area (Å²) in [5.74, 6) is -0.0119. The van der Waals surface area contributed by atoms with Crippen LogP contribution in [0.2, 0.25) is 0 Å². The Morgan fingerprint density at radius 3 is 2.85 bits per heavy atom. The van der Waals surface area contributed by atoms with Crippen molar-refractivity contribution in [2.75, 3.05) is 0 Å². The predicted octanol–water partition coefficient (Wildman–Crippen LogP) is 1.41. The molecule has 0 atom stereocenters. The Bertz CT molecular complexity index is 396. The van der Waals surface area contributed by atoms with Gasteiger partial charge in [-0.1, -0.05) is 0 Å². The van der Waals surface area contributed by atoms with Gasteiger partial charge in [0.05, 0.1) is 0 Å². The molecule has 0 unspecified atom stereocenters. The van der Waals surface area contributed by atoms with Crippen molar-refractivity contribution in [2.24, 2.45) is 0 Å². The number of hydrogen-bond acceptors (Lipinski definition) is 3. The number of nitrogens with zero attached hydrogens (tertiary/aromatic N) is 1. The second kappa shape index (κ2) is 2.76. The molecule has 0 amide bonds. The van der Waals surface area contributed by atoms with Gasteiger partial charge in [0.15, 0.2) is 11.6 Å². The molecule has 0 fully saturated rings. The van der Waals surface area contributed by atoms with Crippen LogP contribution >= 0.6 is 0 Å². The second-order valence-electron chi connectivity index (χ2n) is 3.20. The van der Waals surface area contributed by atoms with Crippen LogP contribution in [0.15, 0.2) is 12.4 Å². The van der Waals surface area contributed by atoms with Gasteiger partial charge in [-0.25, -0.2) is 0 Å². The van der Waals surface area contributed by atoms with E-state index in [1.54, 1.807) is 6.20 Å². The highest BCUT2D eigenvalue weighted by atomic mass is 16.1. The maximum absolute atomic E-state index is 11.4. The Morgan fingerprint density at radius 1 is 1.38 bits per heavy atom. The summed E-state index contributed by atoms with van der Waals surface area (Å²) in [4.78, 5) is 26.5. The van der Waals surface area contributed by atoms with Gasteiger partial charge in [-0.2, -0.15) is 0 Å². The van der Waals surface area contributed by atoms with Gasteiger partial charge >= 0.3 is 0 Å². The van der Waals surface area contributed by atoms with E-state index in [9.17, 15) is 9.59 Å². The van der Waals surface area contributed by atoms with Crippen LogP contribution in [0.1, 0.15) is 39.6 Å². The zero-order chi connectivity index (χ0) is 9.42. The topological polar surface area (TPSA) is 47.0 Å². The van der Waals surface area contributed by atoms with Crippen molar-refractivity contribution in [3.8, 4) is 0 Å². The molecule has 0 saturated heterocycles. The first kappa shape index (κ1) is 8.10. The number of aryl methyl sites for hydroxylation is 1. The summed E-state index contributed by atoms with van der Waals surface area (Å²) in [7, 11) is 0. The SMILES string of the molecule is CC(=O)c1cncc2c1C(=O)CC2. The minimum Gasteiger partial charge on any atom is -0.294 e. The maximum Gasteiger partial charge on any atom is 0.164 e. The van der Waals surface area contributed by atoms with Crippen LogP contribution in [0, 0.1) is 0 Å². The van der Waals surface area contributed by atoms with Gasteiger partial charge in [0.1, 0.15) is 0 Å². The molecule has 13 heavy (non-hydrogen) atoms. The van der Waals surface area contributed by atoms with Crippen LogP contribution in [0.5, 0.6) is 0 Å². The van der Waals surface area contributed by atoms with E-state index in [4.69, 9.17) is 0 Å². The van der Waals surface area contributed by atoms with Crippen LogP contribution < -0.4 is 0 Å². The lowest BCUT2D eigenvalue weighted by Gasteiger charge is -2.01. The van der Waals surface area contributed by atoms with Crippen LogP contribution in [-0.4, -0.2) is 16.6 Å². The normalized spacial score (nSPS) is 14.4. The number of fused-ring (bicyclic) bond motifs is 1. The standard InChI is InChI=1S/C10H9NO2/c1-6(12)8-5-11-4-7-2-3-9(13)10(7)8/h4-5H,2-3H2,1H3. The number of pyridine rings is 1. The molecule has 0 N–H and O–H groups in total. The molecule has 0 bridgehead atoms. The van der Waals surface area contributed by atoms with Crippen LogP contribution in [-0.2, 0) is 6.42 Å². The number of carbonyl (C=O) groups is 2. The zero-order valence-electron chi connectivity index (χ0n) is 7.33. The lowest BCUT2D eigenvalue weighted by molar-refractivity contribution is 0.0971. The van der Waals surface area contributed by atoms with Crippen LogP contribution in [0.25, 0.3) is 0 Å². The Hall–Kier alpha value is -1.51. The number of aromatic nitrogens is 1. The van der Waals surface area contributed by atoms with Crippen molar-refractivity contribution < 1.29 is 9.59 Å². The van der Waals surface area contributed by atoms with Crippen molar-refractivity contribution in [1.29, 1.82) is 0 Å². The molecule has 0 aliphatic heterocycles. The quantitative estimate of drug-likeness (QED) is 0.606. The van der Waals surface area contributed by atoms with Crippen molar-refractivity contribution in [3.05, 3.63) is 29.1 Å². The summed E-state index contributed by atoms with van der Waals surface area (Å²) in [6.45, 7) is 1.46. The molecule has 1 heterocycles. The lowest BCUT2D eigenvalue weighted by Crippen LogP contribution is -2.04. The van der Waals surface area contributed by atoms with Crippen molar-refractivity contribution in [3.63, 3.8) is 0 Å². The van der Waals surface area contributed by atoms with E-state index in [2.05, 4.69) is 4.98 Å². The van der Waals surface area contributed by atoms with E-state index in [0.29, 0.717) is 17.5 Å². The first-order valence-electron chi connectivity index (χ1n) is 4.21. The molecule has 1 aliphatic carbocycles. The Morgan fingerprint density at radius 2 is 2.15 bits per heavy atom. The summed E-state index contributed by atoms with van der Waals surface area (Å²) >= 11 is 0. The van der Waals surface area contributed by atoms with E-state index in [-0.39, 0.29) is 11.6 Å². The number of rotatable bonds is 1. The highest BCUT2D eigenvalue weighted by Gasteiger charge is 2.24. The predicted molar refractivity (Wildman–Crippen MR) is 46.9 cm³/mol. The highest BCUT2D eigenvalue weighted by Crippen LogP contribution is 2.24. The monoisotopic (exact) mass is 175 g/mol. The largest absolute Gasteiger partial charge is 0.294 e. The molecule has 2 rings (SSSR count). The first-order valence-corrected chi connectivity index (χ1v) is 4.21. The Kier molecular flexibility index (Phi) is 1.72. The molecule has 1 aromatic rings. The highest BCUT2D eigenvalue weighted by molar-refractivity contribution is 6.10. The Balaban J connectivity index is 2.66. The minimum atomic E-state index is -0.0837. The molecular weight excluding hydrogens is 166 g/mol. The molecule has 66 valence electrons. The molecule has 1 aliphatic rings. The smallest absolute Gasteiger partial charge is 0.164 e. The fourth-order valence-electron chi connectivity index (χ4n) is 1.66. The summed E-state index contributed by atoms with van der Waals surface area (Å²) in [5, 5.41) is 0. The minimum absolute atomic E-state index is 0.0719. The fourth-order valence-corrected chi connectivity index (χ4v) is 1.66. The van der Waals surface area contributed by atoms with Crippen molar-refractivity contribution >= 4 is 11.6 Å². The van der Waals surface area contributed by atoms with E-state index in [1.165, 1.54) is 13.1 Å². The number of Topliss-reactive ketones (excluding diaryl/α,β-unsaturated/α-hetero) is 2. The number of hydrogen-bond donors (Lipinski definition) is 0. The third-order valence-electron chi connectivity index (χ3n) is 2.30. The summed E-state index contributed by atoms with van der Waals surface area (Å²) in [5.41, 5.74) is 1.99. The molecular formula is C10H9NO2. The van der Waals surface area contributed by atoms with Gasteiger partial charge in [0.25, 0.3) is 0 Å². The van der Waals surface area contributed by atoms with Crippen LogP contribution in [0.4, 0.5) is 0 Å². The molecule has 0 saturated carbocycles. The zero-order valence-corrected chi connectivity index (χ0v) is 7.33. The van der Waals surface area contributed by atoms with Gasteiger partial charge in [-0.15, -0.1) is 0 Å². The Labute approximate surface area is 75.8 Å². The molecule has 0 radical (unpaired) electrons. The van der Waals surface area contributed by atoms with Gasteiger partial charge in [-0.05, 0) is 18.9 Å². The van der Waals surface area contributed by atoms with E-state index < -0.39 is 0 Å². The van der Waals surface area contributed by atoms with Gasteiger partial charge in [0.2, 0.25) is 0 Å². The van der Waals surface area contributed by atoms with E-state index in [1.807, 2.05) is 0 Å². The van der Waals surface area contributed by atoms with Gasteiger partial charge in [0, 0.05) is 29.9 Å². The van der Waals surface area contributed by atoms with Crippen molar-refractivity contribution in [2.45, 2.75) is 19.8 Å². The van der Waals surface area contributed by atoms with Crippen molar-refractivity contribution in [1.82, 2.24) is 4.98 Å². The molecule has 0 aromatic carbocycles. The molecule has 3 nitrogen and oxygen atoms in total. The third kappa shape index (κ3) is 1.16. The summed E-state index contributed by atoms with van der Waals surface area (Å²) in [6.07, 6.45) is 4.39. The molecule has 0 spiro atoms. The van der Waals surface area contributed by atoms with Gasteiger partial charge < -0.3 is 0 Å². The maximum atomic E-state index is 11.4. The second-order valence-corrected chi connectivity index (χ2v) is 3.20. The molecule has 1 aromatic heterocycles. The summed E-state index contributed by atoms with van der Waals surface area (Å²) in [6, 6.07) is 0. The van der Waals surface area contributed by atoms with E-state index >= 15 is 0 Å². The molecule has 3 heteroatoms. The average Bonchev–Trinajstić information content (AvgIpc) is 2.48. The third-order valence-corrected chi connectivity index (χ3v) is 2.30. The lowest BCUT2D eigenvalue weighted by atomic mass is 10.0. The van der Waals surface area contributed by atoms with E-state index in [0.717, 1.165) is 12.0 Å². The number of carbonyl (C=O) groups excluding carboxylic acids is 2. The van der Waals surface area contributed by atoms with Gasteiger partial charge in [-0.3, -0.25) is 14.6 Å². The average molecular weight is 175 g/mol. The number of ketones is 2. The first-order chi connectivity index (χ1) is 6.20. The summed E-state index contributed by atoms with van der Waals surface area (Å²) < 4.78 is 0. The fraction of sp³-hybridized carbons (Fsp3) is 0.300. The van der Waals surface area contributed by atoms with Crippen LogP contribution in [0.3, 0.4) is 0 Å².